The molecule has 178 valence electrons. The molecule has 0 amide bonds. The minimum absolute atomic E-state index is 0.199. The Hall–Kier alpha value is -1.10. The molecule has 5 heteroatoms. The van der Waals surface area contributed by atoms with Crippen molar-refractivity contribution >= 4 is 11.9 Å². The Morgan fingerprint density at radius 2 is 1.00 bits per heavy atom. The third kappa shape index (κ3) is 23.2. The van der Waals surface area contributed by atoms with E-state index in [-0.39, 0.29) is 19.1 Å². The van der Waals surface area contributed by atoms with Gasteiger partial charge < -0.3 is 14.2 Å². The summed E-state index contributed by atoms with van der Waals surface area (Å²) in [5.74, 6) is -0.579. The van der Waals surface area contributed by atoms with Crippen molar-refractivity contribution in [1.29, 1.82) is 0 Å². The Morgan fingerprint density at radius 3 is 1.43 bits per heavy atom. The minimum atomic E-state index is -0.445. The van der Waals surface area contributed by atoms with Crippen LogP contribution in [-0.2, 0) is 23.8 Å². The molecule has 0 aliphatic heterocycles. The fourth-order valence-electron chi connectivity index (χ4n) is 3.22. The molecule has 0 aliphatic carbocycles. The van der Waals surface area contributed by atoms with Crippen LogP contribution >= 0.6 is 0 Å². The minimum Gasteiger partial charge on any atom is -0.464 e. The molecular formula is C25H48O5. The van der Waals surface area contributed by atoms with Crippen LogP contribution in [0.4, 0.5) is 0 Å². The quantitative estimate of drug-likeness (QED) is 0.143. The molecule has 0 rings (SSSR count). The first kappa shape index (κ1) is 28.9. The Bertz CT molecular complexity index is 395. The lowest BCUT2D eigenvalue weighted by molar-refractivity contribution is -0.156. The molecule has 0 spiro atoms. The van der Waals surface area contributed by atoms with Crippen LogP contribution in [0.15, 0.2) is 0 Å². The molecular weight excluding hydrogens is 380 g/mol. The van der Waals surface area contributed by atoms with E-state index >= 15 is 0 Å². The van der Waals surface area contributed by atoms with Crippen molar-refractivity contribution in [3.63, 3.8) is 0 Å². The standard InChI is InChI=1S/C25H48O5/c1-4-5-6-7-8-9-10-11-12-13-14-15-16-17-18-19-29-24(26)21-28-22-25(27)30-20-23(2)3/h23H,4-22H2,1-3H3. The van der Waals surface area contributed by atoms with E-state index in [1.807, 2.05) is 13.8 Å². The zero-order valence-electron chi connectivity index (χ0n) is 20.1. The van der Waals surface area contributed by atoms with Crippen molar-refractivity contribution in [2.45, 2.75) is 117 Å². The van der Waals surface area contributed by atoms with Gasteiger partial charge in [-0.1, -0.05) is 111 Å². The van der Waals surface area contributed by atoms with E-state index < -0.39 is 11.9 Å². The first-order valence-corrected chi connectivity index (χ1v) is 12.4. The highest BCUT2D eigenvalue weighted by Gasteiger charge is 2.08. The molecule has 0 saturated carbocycles. The second-order valence-corrected chi connectivity index (χ2v) is 8.74. The van der Waals surface area contributed by atoms with Crippen molar-refractivity contribution in [2.75, 3.05) is 26.4 Å². The van der Waals surface area contributed by atoms with Crippen molar-refractivity contribution in [2.24, 2.45) is 5.92 Å². The first-order chi connectivity index (χ1) is 14.6. The van der Waals surface area contributed by atoms with Crippen molar-refractivity contribution < 1.29 is 23.8 Å². The van der Waals surface area contributed by atoms with Crippen LogP contribution in [0.2, 0.25) is 0 Å². The second kappa shape index (κ2) is 22.6. The average Bonchev–Trinajstić information content (AvgIpc) is 2.72. The maximum Gasteiger partial charge on any atom is 0.332 e. The first-order valence-electron chi connectivity index (χ1n) is 12.4. The largest absolute Gasteiger partial charge is 0.464 e. The number of esters is 2. The molecule has 0 saturated heterocycles. The zero-order chi connectivity index (χ0) is 22.3. The summed E-state index contributed by atoms with van der Waals surface area (Å²) in [6.07, 6.45) is 19.7. The number of carbonyl (C=O) groups is 2. The SMILES string of the molecule is CCCCCCCCCCCCCCCCCOC(=O)COCC(=O)OCC(C)C. The van der Waals surface area contributed by atoms with Crippen LogP contribution < -0.4 is 0 Å². The van der Waals surface area contributed by atoms with Crippen LogP contribution in [0.1, 0.15) is 117 Å². The molecule has 0 radical (unpaired) electrons. The van der Waals surface area contributed by atoms with E-state index in [2.05, 4.69) is 6.92 Å². The third-order valence-electron chi connectivity index (χ3n) is 5.03. The highest BCUT2D eigenvalue weighted by molar-refractivity contribution is 5.73. The summed E-state index contributed by atoms with van der Waals surface area (Å²) in [5.41, 5.74) is 0. The van der Waals surface area contributed by atoms with Gasteiger partial charge in [-0.05, 0) is 12.3 Å². The van der Waals surface area contributed by atoms with Gasteiger partial charge in [-0.25, -0.2) is 9.59 Å². The molecule has 0 bridgehead atoms. The monoisotopic (exact) mass is 428 g/mol. The third-order valence-corrected chi connectivity index (χ3v) is 5.03. The summed E-state index contributed by atoms with van der Waals surface area (Å²) in [6.45, 7) is 6.58. The summed E-state index contributed by atoms with van der Waals surface area (Å²) < 4.78 is 15.1. The van der Waals surface area contributed by atoms with Crippen molar-refractivity contribution in [3.8, 4) is 0 Å². The fourth-order valence-corrected chi connectivity index (χ4v) is 3.22. The molecule has 0 heterocycles. The molecule has 0 aliphatic rings. The van der Waals surface area contributed by atoms with Gasteiger partial charge >= 0.3 is 11.9 Å². The number of hydrogen-bond acceptors (Lipinski definition) is 5. The van der Waals surface area contributed by atoms with Crippen LogP contribution in [0.5, 0.6) is 0 Å². The van der Waals surface area contributed by atoms with Crippen LogP contribution in [0.3, 0.4) is 0 Å². The highest BCUT2D eigenvalue weighted by Crippen LogP contribution is 2.13. The average molecular weight is 429 g/mol. The number of ether oxygens (including phenoxy) is 3. The Kier molecular flexibility index (Phi) is 21.8. The number of hydrogen-bond donors (Lipinski definition) is 0. The van der Waals surface area contributed by atoms with Gasteiger partial charge in [0.15, 0.2) is 0 Å². The van der Waals surface area contributed by atoms with Gasteiger partial charge in [0.2, 0.25) is 0 Å². The van der Waals surface area contributed by atoms with Gasteiger partial charge in [-0.3, -0.25) is 0 Å². The Labute approximate surface area is 185 Å². The van der Waals surface area contributed by atoms with Crippen LogP contribution in [0, 0.1) is 5.92 Å². The van der Waals surface area contributed by atoms with Crippen LogP contribution in [-0.4, -0.2) is 38.4 Å². The maximum atomic E-state index is 11.5. The number of carbonyl (C=O) groups excluding carboxylic acids is 2. The maximum absolute atomic E-state index is 11.5. The van der Waals surface area contributed by atoms with E-state index in [9.17, 15) is 9.59 Å². The highest BCUT2D eigenvalue weighted by atomic mass is 16.6. The summed E-state index contributed by atoms with van der Waals surface area (Å²) in [5, 5.41) is 0. The van der Waals surface area contributed by atoms with Gasteiger partial charge in [0.25, 0.3) is 0 Å². The topological polar surface area (TPSA) is 61.8 Å². The zero-order valence-corrected chi connectivity index (χ0v) is 20.1. The van der Waals surface area contributed by atoms with E-state index in [0.717, 1.165) is 12.8 Å². The molecule has 0 N–H and O–H groups in total. The number of rotatable bonds is 22. The molecule has 30 heavy (non-hydrogen) atoms. The van der Waals surface area contributed by atoms with Gasteiger partial charge in [-0.2, -0.15) is 0 Å². The molecule has 5 nitrogen and oxygen atoms in total. The molecule has 0 aromatic heterocycles. The second-order valence-electron chi connectivity index (χ2n) is 8.74. The normalized spacial score (nSPS) is 11.1. The van der Waals surface area contributed by atoms with E-state index in [1.165, 1.54) is 83.5 Å². The molecule has 0 atom stereocenters. The van der Waals surface area contributed by atoms with E-state index in [0.29, 0.717) is 13.2 Å². The van der Waals surface area contributed by atoms with Crippen molar-refractivity contribution in [1.82, 2.24) is 0 Å². The predicted octanol–water partition coefficient (Wildman–Crippen LogP) is 6.62. The lowest BCUT2D eigenvalue weighted by Crippen LogP contribution is -2.20. The molecule has 0 unspecified atom stereocenters. The molecule has 0 aromatic carbocycles. The lowest BCUT2D eigenvalue weighted by atomic mass is 10.0. The van der Waals surface area contributed by atoms with Crippen LogP contribution in [0.25, 0.3) is 0 Å². The van der Waals surface area contributed by atoms with Gasteiger partial charge in [-0.15, -0.1) is 0 Å². The Morgan fingerprint density at radius 1 is 0.600 bits per heavy atom. The van der Waals surface area contributed by atoms with E-state index in [4.69, 9.17) is 14.2 Å². The summed E-state index contributed by atoms with van der Waals surface area (Å²) >= 11 is 0. The van der Waals surface area contributed by atoms with Gasteiger partial charge in [0.05, 0.1) is 13.2 Å². The molecule has 0 aromatic rings. The molecule has 0 fully saturated rings. The Balaban J connectivity index is 3.23. The lowest BCUT2D eigenvalue weighted by Gasteiger charge is -2.08. The smallest absolute Gasteiger partial charge is 0.332 e. The van der Waals surface area contributed by atoms with E-state index in [1.54, 1.807) is 0 Å². The fraction of sp³-hybridized carbons (Fsp3) is 0.920. The van der Waals surface area contributed by atoms with Gasteiger partial charge in [0.1, 0.15) is 13.2 Å². The number of unbranched alkanes of at least 4 members (excludes halogenated alkanes) is 14. The summed E-state index contributed by atoms with van der Waals surface area (Å²) in [6, 6.07) is 0. The predicted molar refractivity (Wildman–Crippen MR) is 123 cm³/mol. The van der Waals surface area contributed by atoms with Crippen molar-refractivity contribution in [3.05, 3.63) is 0 Å². The summed E-state index contributed by atoms with van der Waals surface area (Å²) in [4.78, 5) is 22.9. The summed E-state index contributed by atoms with van der Waals surface area (Å²) in [7, 11) is 0. The van der Waals surface area contributed by atoms with Gasteiger partial charge in [0, 0.05) is 0 Å².